The zero-order valence-electron chi connectivity index (χ0n) is 14.6. The number of hydrogen-bond acceptors (Lipinski definition) is 6. The molecule has 0 atom stereocenters. The first-order valence-corrected chi connectivity index (χ1v) is 7.29. The van der Waals surface area contributed by atoms with Crippen LogP contribution in [0.1, 0.15) is 26.2 Å². The Hall–Kier alpha value is -2.46. The largest absolute Gasteiger partial charge is 0.481 e. The molecule has 0 heterocycles. The van der Waals surface area contributed by atoms with Gasteiger partial charge in [0, 0.05) is 12.1 Å². The molecule has 0 aliphatic carbocycles. The lowest BCUT2D eigenvalue weighted by Gasteiger charge is -2.18. The van der Waals surface area contributed by atoms with Gasteiger partial charge >= 0.3 is 17.9 Å². The third-order valence-corrected chi connectivity index (χ3v) is 2.74. The lowest BCUT2D eigenvalue weighted by atomic mass is 9.96. The standard InChI is InChI=1S/C9H18N2O.C6H8O7/c1-8(2)9(12)10-6-5-7-11(3)4;7-3(8)1-6(13,5(11)12)2-4(9)10/h1,5-7H2,2-4H3,(H,10,12);13H,1-2H2,(H,7,8)(H,9,10)(H,11,12). The molecule has 0 saturated heterocycles. The summed E-state index contributed by atoms with van der Waals surface area (Å²) in [7, 11) is 4.03. The number of aliphatic hydroxyl groups is 1. The van der Waals surface area contributed by atoms with Gasteiger partial charge in [0.15, 0.2) is 5.60 Å². The van der Waals surface area contributed by atoms with Crippen LogP contribution in [0.15, 0.2) is 12.2 Å². The topological polar surface area (TPSA) is 164 Å². The molecule has 25 heavy (non-hydrogen) atoms. The first-order chi connectivity index (χ1) is 11.3. The van der Waals surface area contributed by atoms with Gasteiger partial charge in [-0.2, -0.15) is 0 Å². The number of amides is 1. The van der Waals surface area contributed by atoms with Crippen molar-refractivity contribution in [1.29, 1.82) is 0 Å². The van der Waals surface area contributed by atoms with Crippen LogP contribution in [0, 0.1) is 0 Å². The Kier molecular flexibility index (Phi) is 11.9. The van der Waals surface area contributed by atoms with Gasteiger partial charge < -0.3 is 30.6 Å². The van der Waals surface area contributed by atoms with Gasteiger partial charge in [-0.1, -0.05) is 6.58 Å². The van der Waals surface area contributed by atoms with Crippen molar-refractivity contribution in [2.75, 3.05) is 27.2 Å². The Morgan fingerprint density at radius 1 is 1.04 bits per heavy atom. The van der Waals surface area contributed by atoms with Crippen molar-refractivity contribution < 1.29 is 39.6 Å². The zero-order chi connectivity index (χ0) is 20.2. The minimum atomic E-state index is -2.74. The van der Waals surface area contributed by atoms with Crippen LogP contribution < -0.4 is 5.32 Å². The average molecular weight is 362 g/mol. The lowest BCUT2D eigenvalue weighted by Crippen LogP contribution is -2.42. The monoisotopic (exact) mass is 362 g/mol. The van der Waals surface area contributed by atoms with Crippen molar-refractivity contribution in [3.8, 4) is 0 Å². The molecule has 5 N–H and O–H groups in total. The van der Waals surface area contributed by atoms with E-state index < -0.39 is 36.4 Å². The highest BCUT2D eigenvalue weighted by molar-refractivity contribution is 5.92. The molecule has 0 unspecified atom stereocenters. The number of rotatable bonds is 10. The van der Waals surface area contributed by atoms with E-state index >= 15 is 0 Å². The number of nitrogens with one attached hydrogen (secondary N) is 1. The van der Waals surface area contributed by atoms with Crippen LogP contribution in [0.25, 0.3) is 0 Å². The maximum atomic E-state index is 11.0. The van der Waals surface area contributed by atoms with Gasteiger partial charge in [-0.05, 0) is 34.0 Å². The second kappa shape index (κ2) is 12.0. The number of aliphatic carboxylic acids is 3. The molecule has 10 nitrogen and oxygen atoms in total. The fourth-order valence-corrected chi connectivity index (χ4v) is 1.46. The Labute approximate surface area is 145 Å². The third kappa shape index (κ3) is 13.7. The number of carboxylic acids is 3. The number of carboxylic acid groups (broad SMARTS) is 3. The predicted octanol–water partition coefficient (Wildman–Crippen LogP) is -0.618. The fraction of sp³-hybridized carbons (Fsp3) is 0.600. The Morgan fingerprint density at radius 3 is 1.76 bits per heavy atom. The minimum absolute atomic E-state index is 0.0474. The molecule has 0 aromatic rings. The first kappa shape index (κ1) is 24.8. The second-order valence-electron chi connectivity index (χ2n) is 5.67. The van der Waals surface area contributed by atoms with E-state index in [0.717, 1.165) is 19.5 Å². The summed E-state index contributed by atoms with van der Waals surface area (Å²) in [5.41, 5.74) is -2.17. The van der Waals surface area contributed by atoms with E-state index in [0.29, 0.717) is 5.57 Å². The number of nitrogens with zero attached hydrogens (tertiary/aromatic N) is 1. The maximum Gasteiger partial charge on any atom is 0.336 e. The van der Waals surface area contributed by atoms with Gasteiger partial charge in [-0.25, -0.2) is 4.79 Å². The Morgan fingerprint density at radius 2 is 1.48 bits per heavy atom. The quantitative estimate of drug-likeness (QED) is 0.251. The van der Waals surface area contributed by atoms with Crippen molar-refractivity contribution in [3.63, 3.8) is 0 Å². The van der Waals surface area contributed by atoms with Crippen LogP contribution in [-0.2, 0) is 19.2 Å². The molecule has 0 aromatic heterocycles. The van der Waals surface area contributed by atoms with Gasteiger partial charge in [0.1, 0.15) is 0 Å². The third-order valence-electron chi connectivity index (χ3n) is 2.74. The summed E-state index contributed by atoms with van der Waals surface area (Å²) in [6, 6.07) is 0. The van der Waals surface area contributed by atoms with Gasteiger partial charge in [0.05, 0.1) is 12.8 Å². The summed E-state index contributed by atoms with van der Waals surface area (Å²) in [6.07, 6.45) is -1.31. The molecular weight excluding hydrogens is 336 g/mol. The summed E-state index contributed by atoms with van der Waals surface area (Å²) in [5.74, 6) is -5.07. The van der Waals surface area contributed by atoms with Crippen molar-refractivity contribution in [1.82, 2.24) is 10.2 Å². The van der Waals surface area contributed by atoms with Gasteiger partial charge in [-0.15, -0.1) is 0 Å². The summed E-state index contributed by atoms with van der Waals surface area (Å²) < 4.78 is 0. The van der Waals surface area contributed by atoms with Crippen molar-refractivity contribution >= 4 is 23.8 Å². The highest BCUT2D eigenvalue weighted by atomic mass is 16.4. The van der Waals surface area contributed by atoms with Crippen molar-refractivity contribution in [2.24, 2.45) is 0 Å². The van der Waals surface area contributed by atoms with E-state index in [1.54, 1.807) is 6.92 Å². The summed E-state index contributed by atoms with van der Waals surface area (Å²) in [4.78, 5) is 43.5. The molecule has 144 valence electrons. The molecule has 0 saturated carbocycles. The van der Waals surface area contributed by atoms with Gasteiger partial charge in [0.25, 0.3) is 0 Å². The molecule has 0 rings (SSSR count). The second-order valence-corrected chi connectivity index (χ2v) is 5.67. The number of hydrogen-bond donors (Lipinski definition) is 5. The summed E-state index contributed by atoms with van der Waals surface area (Å²) in [6.45, 7) is 6.98. The lowest BCUT2D eigenvalue weighted by molar-refractivity contribution is -0.170. The highest BCUT2D eigenvalue weighted by Gasteiger charge is 2.40. The van der Waals surface area contributed by atoms with Gasteiger partial charge in [0.2, 0.25) is 5.91 Å². The van der Waals surface area contributed by atoms with E-state index in [9.17, 15) is 19.2 Å². The molecule has 0 aliphatic rings. The van der Waals surface area contributed by atoms with Crippen LogP contribution in [0.5, 0.6) is 0 Å². The van der Waals surface area contributed by atoms with E-state index in [1.807, 2.05) is 14.1 Å². The van der Waals surface area contributed by atoms with E-state index in [4.69, 9.17) is 20.4 Å². The smallest absolute Gasteiger partial charge is 0.336 e. The summed E-state index contributed by atoms with van der Waals surface area (Å²) in [5, 5.41) is 36.6. The molecule has 10 heteroatoms. The number of carbonyl (C=O) groups excluding carboxylic acids is 1. The Balaban J connectivity index is 0. The van der Waals surface area contributed by atoms with Crippen LogP contribution in [0.2, 0.25) is 0 Å². The molecular formula is C15H26N2O8. The van der Waals surface area contributed by atoms with Crippen LogP contribution in [0.4, 0.5) is 0 Å². The van der Waals surface area contributed by atoms with Crippen molar-refractivity contribution in [3.05, 3.63) is 12.2 Å². The molecule has 0 bridgehead atoms. The van der Waals surface area contributed by atoms with Crippen LogP contribution in [-0.4, -0.2) is 81.9 Å². The van der Waals surface area contributed by atoms with Crippen LogP contribution in [0.3, 0.4) is 0 Å². The maximum absolute atomic E-state index is 11.0. The highest BCUT2D eigenvalue weighted by Crippen LogP contribution is 2.15. The summed E-state index contributed by atoms with van der Waals surface area (Å²) >= 11 is 0. The van der Waals surface area contributed by atoms with Gasteiger partial charge in [-0.3, -0.25) is 14.4 Å². The number of carbonyl (C=O) groups is 4. The zero-order valence-corrected chi connectivity index (χ0v) is 14.6. The first-order valence-electron chi connectivity index (χ1n) is 7.29. The SMILES string of the molecule is C=C(C)C(=O)NCCCN(C)C.O=C(O)CC(O)(CC(=O)O)C(=O)O. The van der Waals surface area contributed by atoms with Crippen molar-refractivity contribution in [2.45, 2.75) is 31.8 Å². The Bertz CT molecular complexity index is 486. The average Bonchev–Trinajstić information content (AvgIpc) is 2.41. The molecule has 1 amide bonds. The normalized spacial score (nSPS) is 10.4. The molecule has 0 spiro atoms. The fourth-order valence-electron chi connectivity index (χ4n) is 1.46. The van der Waals surface area contributed by atoms with E-state index in [-0.39, 0.29) is 5.91 Å². The van der Waals surface area contributed by atoms with Crippen LogP contribution >= 0.6 is 0 Å². The van der Waals surface area contributed by atoms with E-state index in [2.05, 4.69) is 16.8 Å². The van der Waals surface area contributed by atoms with E-state index in [1.165, 1.54) is 0 Å². The predicted molar refractivity (Wildman–Crippen MR) is 88.1 cm³/mol. The molecule has 0 aromatic carbocycles. The molecule has 0 fully saturated rings. The molecule has 0 aliphatic heterocycles. The molecule has 0 radical (unpaired) electrons. The minimum Gasteiger partial charge on any atom is -0.481 e.